The normalized spacial score (nSPS) is 18.2. The maximum atomic E-state index is 13.2. The summed E-state index contributed by atoms with van der Waals surface area (Å²) in [6.07, 6.45) is 1.08. The number of ketones is 1. The van der Waals surface area contributed by atoms with Gasteiger partial charge in [-0.25, -0.2) is 8.78 Å². The van der Waals surface area contributed by atoms with Crippen molar-refractivity contribution in [2.45, 2.75) is 18.8 Å². The van der Waals surface area contributed by atoms with Gasteiger partial charge in [-0.3, -0.25) is 4.79 Å². The highest BCUT2D eigenvalue weighted by Crippen LogP contribution is 2.36. The van der Waals surface area contributed by atoms with Crippen LogP contribution in [0.2, 0.25) is 0 Å². The molecule has 0 bridgehead atoms. The Balaban J connectivity index is 2.08. The average Bonchev–Trinajstić information content (AvgIpc) is 2.41. The number of Topliss-reactive ketones (excluding diaryl/α,β-unsaturated/α-hetero) is 1. The second kappa shape index (κ2) is 4.57. The number of carbonyl (C=O) groups excluding carboxylic acids is 1. The molecule has 1 aliphatic rings. The lowest BCUT2D eigenvalue weighted by molar-refractivity contribution is 0.0969. The van der Waals surface area contributed by atoms with Gasteiger partial charge < -0.3 is 0 Å². The molecule has 0 heterocycles. The minimum Gasteiger partial charge on any atom is -0.294 e. The van der Waals surface area contributed by atoms with Gasteiger partial charge in [-0.2, -0.15) is 0 Å². The van der Waals surface area contributed by atoms with Crippen molar-refractivity contribution in [1.82, 2.24) is 0 Å². The van der Waals surface area contributed by atoms with Gasteiger partial charge in [0.1, 0.15) is 11.6 Å². The number of carbonyl (C=O) groups is 1. The number of rotatable bonds is 1. The predicted octanol–water partition coefficient (Wildman–Crippen LogP) is 4.07. The summed E-state index contributed by atoms with van der Waals surface area (Å²) in [5.74, 6) is -0.663. The van der Waals surface area contributed by atoms with E-state index >= 15 is 0 Å². The maximum absolute atomic E-state index is 13.2. The smallest absolute Gasteiger partial charge is 0.163 e. The maximum Gasteiger partial charge on any atom is 0.163 e. The van der Waals surface area contributed by atoms with Crippen LogP contribution >= 0.6 is 0 Å². The van der Waals surface area contributed by atoms with E-state index in [0.717, 1.165) is 11.1 Å². The van der Waals surface area contributed by atoms with Crippen LogP contribution < -0.4 is 0 Å². The number of benzene rings is 2. The summed E-state index contributed by atoms with van der Waals surface area (Å²) in [5, 5.41) is 0. The van der Waals surface area contributed by atoms with E-state index in [0.29, 0.717) is 18.4 Å². The molecule has 0 aliphatic heterocycles. The molecule has 2 aromatic carbocycles. The number of hydrogen-bond donors (Lipinski definition) is 0. The summed E-state index contributed by atoms with van der Waals surface area (Å²) in [6.45, 7) is 0. The first-order valence-corrected chi connectivity index (χ1v) is 6.23. The highest BCUT2D eigenvalue weighted by molar-refractivity contribution is 5.99. The van der Waals surface area contributed by atoms with E-state index in [-0.39, 0.29) is 17.5 Å². The highest BCUT2D eigenvalue weighted by atomic mass is 19.1. The molecule has 0 radical (unpaired) electrons. The molecule has 1 atom stereocenters. The van der Waals surface area contributed by atoms with Gasteiger partial charge in [-0.15, -0.1) is 0 Å². The monoisotopic (exact) mass is 258 g/mol. The molecule has 0 saturated heterocycles. The number of hydrogen-bond acceptors (Lipinski definition) is 1. The van der Waals surface area contributed by atoms with Crippen LogP contribution in [0.3, 0.4) is 0 Å². The minimum atomic E-state index is -0.396. The second-order valence-electron chi connectivity index (χ2n) is 4.80. The second-order valence-corrected chi connectivity index (χ2v) is 4.80. The molecule has 3 heteroatoms. The van der Waals surface area contributed by atoms with Crippen molar-refractivity contribution in [3.05, 3.63) is 70.8 Å². The van der Waals surface area contributed by atoms with Crippen LogP contribution in [0.25, 0.3) is 0 Å². The standard InChI is InChI=1S/C16H12F2O/c17-11-3-1-10(2-4-11)13-7-8-16(19)15-9-12(18)5-6-14(13)15/h1-6,9,13H,7-8H2. The molecule has 0 N–H and O–H groups in total. The van der Waals surface area contributed by atoms with Gasteiger partial charge in [0.2, 0.25) is 0 Å². The van der Waals surface area contributed by atoms with E-state index in [1.165, 1.54) is 24.3 Å². The largest absolute Gasteiger partial charge is 0.294 e. The van der Waals surface area contributed by atoms with Crippen molar-refractivity contribution in [3.63, 3.8) is 0 Å². The van der Waals surface area contributed by atoms with Crippen molar-refractivity contribution < 1.29 is 13.6 Å². The highest BCUT2D eigenvalue weighted by Gasteiger charge is 2.26. The summed E-state index contributed by atoms with van der Waals surface area (Å²) < 4.78 is 26.2. The van der Waals surface area contributed by atoms with Crippen molar-refractivity contribution in [2.24, 2.45) is 0 Å². The van der Waals surface area contributed by atoms with Crippen LogP contribution in [0, 0.1) is 11.6 Å². The SMILES string of the molecule is O=C1CCC(c2ccc(F)cc2)c2ccc(F)cc21. The topological polar surface area (TPSA) is 17.1 Å². The van der Waals surface area contributed by atoms with Gasteiger partial charge in [-0.05, 0) is 41.8 Å². The Labute approximate surface area is 109 Å². The lowest BCUT2D eigenvalue weighted by Gasteiger charge is -2.25. The lowest BCUT2D eigenvalue weighted by atomic mass is 9.78. The van der Waals surface area contributed by atoms with Gasteiger partial charge in [0, 0.05) is 17.9 Å². The van der Waals surface area contributed by atoms with E-state index in [4.69, 9.17) is 0 Å². The van der Waals surface area contributed by atoms with Gasteiger partial charge in [-0.1, -0.05) is 18.2 Å². The molecule has 2 aromatic rings. The third-order valence-electron chi connectivity index (χ3n) is 3.62. The molecule has 0 spiro atoms. The first kappa shape index (κ1) is 12.0. The van der Waals surface area contributed by atoms with Crippen LogP contribution in [-0.4, -0.2) is 5.78 Å². The third-order valence-corrected chi connectivity index (χ3v) is 3.62. The van der Waals surface area contributed by atoms with Crippen molar-refractivity contribution in [3.8, 4) is 0 Å². The van der Waals surface area contributed by atoms with Crippen LogP contribution in [0.1, 0.15) is 40.2 Å². The fourth-order valence-electron chi connectivity index (χ4n) is 2.68. The van der Waals surface area contributed by atoms with Gasteiger partial charge in [0.05, 0.1) is 0 Å². The molecular weight excluding hydrogens is 246 g/mol. The van der Waals surface area contributed by atoms with Gasteiger partial charge in [0.25, 0.3) is 0 Å². The summed E-state index contributed by atoms with van der Waals surface area (Å²) in [4.78, 5) is 11.8. The number of halogens is 2. The molecule has 0 fully saturated rings. The van der Waals surface area contributed by atoms with Crippen LogP contribution in [-0.2, 0) is 0 Å². The third kappa shape index (κ3) is 2.16. The minimum absolute atomic E-state index is 0.0205. The Morgan fingerprint density at radius 3 is 2.37 bits per heavy atom. The van der Waals surface area contributed by atoms with Crippen molar-refractivity contribution in [1.29, 1.82) is 0 Å². The summed E-state index contributed by atoms with van der Waals surface area (Å²) >= 11 is 0. The Kier molecular flexibility index (Phi) is 2.90. The molecule has 3 rings (SSSR count). The van der Waals surface area contributed by atoms with E-state index in [9.17, 15) is 13.6 Å². The Morgan fingerprint density at radius 2 is 1.63 bits per heavy atom. The van der Waals surface area contributed by atoms with Crippen LogP contribution in [0.4, 0.5) is 8.78 Å². The summed E-state index contributed by atoms with van der Waals surface area (Å²) in [6, 6.07) is 10.6. The van der Waals surface area contributed by atoms with Crippen molar-refractivity contribution >= 4 is 5.78 Å². The first-order chi connectivity index (χ1) is 9.15. The molecule has 0 saturated carbocycles. The fourth-order valence-corrected chi connectivity index (χ4v) is 2.68. The zero-order chi connectivity index (χ0) is 13.4. The Bertz CT molecular complexity index is 632. The number of fused-ring (bicyclic) bond motifs is 1. The van der Waals surface area contributed by atoms with Gasteiger partial charge >= 0.3 is 0 Å². The zero-order valence-electron chi connectivity index (χ0n) is 10.2. The molecule has 96 valence electrons. The molecule has 1 nitrogen and oxygen atoms in total. The first-order valence-electron chi connectivity index (χ1n) is 6.23. The molecule has 0 amide bonds. The van der Waals surface area contributed by atoms with Crippen molar-refractivity contribution in [2.75, 3.05) is 0 Å². The Hall–Kier alpha value is -2.03. The van der Waals surface area contributed by atoms with E-state index in [2.05, 4.69) is 0 Å². The van der Waals surface area contributed by atoms with E-state index in [1.54, 1.807) is 18.2 Å². The fraction of sp³-hybridized carbons (Fsp3) is 0.188. The predicted molar refractivity (Wildman–Crippen MR) is 68.2 cm³/mol. The summed E-state index contributed by atoms with van der Waals surface area (Å²) in [7, 11) is 0. The zero-order valence-corrected chi connectivity index (χ0v) is 10.2. The quantitative estimate of drug-likeness (QED) is 0.753. The van der Waals surface area contributed by atoms with Crippen LogP contribution in [0.5, 0.6) is 0 Å². The molecule has 1 aliphatic carbocycles. The van der Waals surface area contributed by atoms with E-state index in [1.807, 2.05) is 0 Å². The average molecular weight is 258 g/mol. The Morgan fingerprint density at radius 1 is 0.947 bits per heavy atom. The van der Waals surface area contributed by atoms with Gasteiger partial charge in [0.15, 0.2) is 5.78 Å². The molecule has 0 aromatic heterocycles. The van der Waals surface area contributed by atoms with E-state index < -0.39 is 5.82 Å². The lowest BCUT2D eigenvalue weighted by Crippen LogP contribution is -2.16. The molecule has 1 unspecified atom stereocenters. The molecular formula is C16H12F2O. The van der Waals surface area contributed by atoms with Crippen LogP contribution in [0.15, 0.2) is 42.5 Å². The molecule has 19 heavy (non-hydrogen) atoms. The summed E-state index contributed by atoms with van der Waals surface area (Å²) in [5.41, 5.74) is 2.26.